The summed E-state index contributed by atoms with van der Waals surface area (Å²) in [5.74, 6) is -0.0163. The number of aliphatic hydroxyl groups is 1. The molecule has 0 radical (unpaired) electrons. The van der Waals surface area contributed by atoms with Crippen LogP contribution in [0.4, 0.5) is 0 Å². The van der Waals surface area contributed by atoms with Gasteiger partial charge in [0.2, 0.25) is 5.91 Å². The number of nitrogens with one attached hydrogen (secondary N) is 1. The molecule has 1 heterocycles. The Hall–Kier alpha value is -1.10. The summed E-state index contributed by atoms with van der Waals surface area (Å²) < 4.78 is 5.24. The van der Waals surface area contributed by atoms with Gasteiger partial charge in [-0.1, -0.05) is 23.7 Å². The highest BCUT2D eigenvalue weighted by Gasteiger charge is 2.25. The van der Waals surface area contributed by atoms with Crippen molar-refractivity contribution in [2.24, 2.45) is 5.92 Å². The highest BCUT2D eigenvalue weighted by atomic mass is 35.5. The molecule has 2 rings (SSSR count). The largest absolute Gasteiger partial charge is 0.386 e. The normalized spacial score (nSPS) is 19.4. The van der Waals surface area contributed by atoms with E-state index in [1.807, 2.05) is 0 Å². The van der Waals surface area contributed by atoms with Gasteiger partial charge >= 0.3 is 0 Å². The van der Waals surface area contributed by atoms with E-state index in [1.165, 1.54) is 0 Å². The van der Waals surface area contributed by atoms with E-state index in [0.717, 1.165) is 18.4 Å². The lowest BCUT2D eigenvalue weighted by Crippen LogP contribution is -2.42. The van der Waals surface area contributed by atoms with Crippen molar-refractivity contribution in [2.75, 3.05) is 13.2 Å². The number of halogens is 1. The van der Waals surface area contributed by atoms with E-state index in [-0.39, 0.29) is 17.9 Å². The minimum absolute atomic E-state index is 0.00573. The van der Waals surface area contributed by atoms with Crippen LogP contribution in [0.15, 0.2) is 24.3 Å². The van der Waals surface area contributed by atoms with Crippen molar-refractivity contribution in [3.05, 3.63) is 34.9 Å². The summed E-state index contributed by atoms with van der Waals surface area (Å²) in [4.78, 5) is 12.1. The predicted molar refractivity (Wildman–Crippen MR) is 77.6 cm³/mol. The second-order valence-corrected chi connectivity index (χ2v) is 5.62. The molecule has 2 unspecified atom stereocenters. The average molecular weight is 298 g/mol. The lowest BCUT2D eigenvalue weighted by Gasteiger charge is -2.26. The van der Waals surface area contributed by atoms with Gasteiger partial charge in [0.25, 0.3) is 0 Å². The first-order valence-electron chi connectivity index (χ1n) is 6.89. The van der Waals surface area contributed by atoms with Gasteiger partial charge in [-0.3, -0.25) is 4.79 Å². The lowest BCUT2D eigenvalue weighted by atomic mass is 9.97. The average Bonchev–Trinajstić information content (AvgIpc) is 2.48. The van der Waals surface area contributed by atoms with Gasteiger partial charge in [0, 0.05) is 24.2 Å². The van der Waals surface area contributed by atoms with Crippen LogP contribution in [0.2, 0.25) is 5.02 Å². The molecule has 1 saturated heterocycles. The number of carbonyl (C=O) groups excluding carboxylic acids is 1. The van der Waals surface area contributed by atoms with Crippen molar-refractivity contribution in [3.63, 3.8) is 0 Å². The zero-order chi connectivity index (χ0) is 14.5. The zero-order valence-electron chi connectivity index (χ0n) is 11.5. The molecule has 5 heteroatoms. The number of rotatable bonds is 4. The molecule has 2 atom stereocenters. The first-order valence-corrected chi connectivity index (χ1v) is 7.27. The molecule has 1 aromatic rings. The second kappa shape index (κ2) is 7.07. The molecule has 1 aliphatic heterocycles. The van der Waals surface area contributed by atoms with Crippen LogP contribution < -0.4 is 5.32 Å². The van der Waals surface area contributed by atoms with Crippen molar-refractivity contribution in [3.8, 4) is 0 Å². The third kappa shape index (κ3) is 3.95. The molecule has 1 aliphatic rings. The summed E-state index contributed by atoms with van der Waals surface area (Å²) in [6.45, 7) is 3.06. The fourth-order valence-electron chi connectivity index (χ4n) is 2.33. The lowest BCUT2D eigenvalue weighted by molar-refractivity contribution is -0.129. The third-order valence-corrected chi connectivity index (χ3v) is 3.90. The molecular formula is C15H20ClNO3. The fraction of sp³-hybridized carbons (Fsp3) is 0.533. The maximum atomic E-state index is 12.1. The van der Waals surface area contributed by atoms with E-state index in [4.69, 9.17) is 16.3 Å². The minimum atomic E-state index is -0.740. The van der Waals surface area contributed by atoms with Crippen LogP contribution in [-0.2, 0) is 9.53 Å². The Morgan fingerprint density at radius 1 is 1.35 bits per heavy atom. The van der Waals surface area contributed by atoms with Crippen LogP contribution in [0, 0.1) is 5.92 Å². The number of aliphatic hydroxyl groups excluding tert-OH is 1. The van der Waals surface area contributed by atoms with E-state index in [1.54, 1.807) is 31.2 Å². The van der Waals surface area contributed by atoms with Crippen molar-refractivity contribution < 1.29 is 14.6 Å². The summed E-state index contributed by atoms with van der Waals surface area (Å²) in [6.07, 6.45) is 0.751. The van der Waals surface area contributed by atoms with E-state index >= 15 is 0 Å². The van der Waals surface area contributed by atoms with Gasteiger partial charge in [0.15, 0.2) is 0 Å². The number of carbonyl (C=O) groups is 1. The van der Waals surface area contributed by atoms with Crippen LogP contribution in [-0.4, -0.2) is 30.3 Å². The zero-order valence-corrected chi connectivity index (χ0v) is 12.3. The van der Waals surface area contributed by atoms with Crippen molar-refractivity contribution in [1.82, 2.24) is 5.32 Å². The molecule has 1 amide bonds. The summed E-state index contributed by atoms with van der Waals surface area (Å²) in [5.41, 5.74) is 0.745. The molecule has 4 nitrogen and oxygen atoms in total. The maximum Gasteiger partial charge on any atom is 0.223 e. The van der Waals surface area contributed by atoms with Gasteiger partial charge in [0.05, 0.1) is 12.1 Å². The molecular weight excluding hydrogens is 278 g/mol. The Labute approximate surface area is 124 Å². The highest BCUT2D eigenvalue weighted by molar-refractivity contribution is 6.30. The SMILES string of the molecule is CC(NC(=O)C1CCOCC1)C(O)c1ccc(Cl)cc1. The number of hydrogen-bond acceptors (Lipinski definition) is 3. The van der Waals surface area contributed by atoms with E-state index in [2.05, 4.69) is 5.32 Å². The molecule has 0 bridgehead atoms. The Morgan fingerprint density at radius 2 is 1.95 bits per heavy atom. The fourth-order valence-corrected chi connectivity index (χ4v) is 2.46. The molecule has 2 N–H and O–H groups in total. The molecule has 0 aliphatic carbocycles. The summed E-state index contributed by atoms with van der Waals surface area (Å²) in [6, 6.07) is 6.65. The Bertz CT molecular complexity index is 443. The number of ether oxygens (including phenoxy) is 1. The van der Waals surface area contributed by atoms with Crippen LogP contribution in [0.25, 0.3) is 0 Å². The first kappa shape index (κ1) is 15.3. The molecule has 0 spiro atoms. The molecule has 0 aromatic heterocycles. The van der Waals surface area contributed by atoms with Gasteiger partial charge in [-0.05, 0) is 37.5 Å². The predicted octanol–water partition coefficient (Wildman–Crippen LogP) is 2.30. The molecule has 20 heavy (non-hydrogen) atoms. The quantitative estimate of drug-likeness (QED) is 0.896. The van der Waals surface area contributed by atoms with Crippen LogP contribution in [0.3, 0.4) is 0 Å². The number of hydrogen-bond donors (Lipinski definition) is 2. The first-order chi connectivity index (χ1) is 9.58. The maximum absolute atomic E-state index is 12.1. The molecule has 0 saturated carbocycles. The smallest absolute Gasteiger partial charge is 0.223 e. The van der Waals surface area contributed by atoms with Gasteiger partial charge < -0.3 is 15.2 Å². The Balaban J connectivity index is 1.91. The topological polar surface area (TPSA) is 58.6 Å². The van der Waals surface area contributed by atoms with Crippen molar-refractivity contribution in [2.45, 2.75) is 31.9 Å². The second-order valence-electron chi connectivity index (χ2n) is 5.18. The van der Waals surface area contributed by atoms with Crippen molar-refractivity contribution >= 4 is 17.5 Å². The Morgan fingerprint density at radius 3 is 2.55 bits per heavy atom. The molecule has 110 valence electrons. The summed E-state index contributed by atoms with van der Waals surface area (Å²) >= 11 is 5.82. The highest BCUT2D eigenvalue weighted by Crippen LogP contribution is 2.20. The molecule has 1 fully saturated rings. The molecule has 1 aromatic carbocycles. The Kier molecular flexibility index (Phi) is 5.40. The van der Waals surface area contributed by atoms with Gasteiger partial charge in [-0.25, -0.2) is 0 Å². The van der Waals surface area contributed by atoms with E-state index in [0.29, 0.717) is 18.2 Å². The third-order valence-electron chi connectivity index (χ3n) is 3.65. The van der Waals surface area contributed by atoms with Gasteiger partial charge in [0.1, 0.15) is 0 Å². The number of benzene rings is 1. The van der Waals surface area contributed by atoms with Crippen LogP contribution >= 0.6 is 11.6 Å². The van der Waals surface area contributed by atoms with Crippen LogP contribution in [0.1, 0.15) is 31.4 Å². The minimum Gasteiger partial charge on any atom is -0.386 e. The van der Waals surface area contributed by atoms with Crippen molar-refractivity contribution in [1.29, 1.82) is 0 Å². The summed E-state index contributed by atoms with van der Waals surface area (Å²) in [7, 11) is 0. The van der Waals surface area contributed by atoms with Crippen LogP contribution in [0.5, 0.6) is 0 Å². The van der Waals surface area contributed by atoms with E-state index < -0.39 is 6.10 Å². The number of amides is 1. The monoisotopic (exact) mass is 297 g/mol. The van der Waals surface area contributed by atoms with Gasteiger partial charge in [-0.15, -0.1) is 0 Å². The van der Waals surface area contributed by atoms with Gasteiger partial charge in [-0.2, -0.15) is 0 Å². The van der Waals surface area contributed by atoms with E-state index in [9.17, 15) is 9.90 Å². The standard InChI is InChI=1S/C15H20ClNO3/c1-10(14(18)11-2-4-13(16)5-3-11)17-15(19)12-6-8-20-9-7-12/h2-5,10,12,14,18H,6-9H2,1H3,(H,17,19). The summed E-state index contributed by atoms with van der Waals surface area (Å²) in [5, 5.41) is 13.8.